The van der Waals surface area contributed by atoms with Crippen LogP contribution in [0.1, 0.15) is 24.8 Å². The number of ether oxygens (including phenoxy) is 2. The average molecular weight is 386 g/mol. The van der Waals surface area contributed by atoms with Crippen LogP contribution >= 0.6 is 11.6 Å². The van der Waals surface area contributed by atoms with Gasteiger partial charge in [0.1, 0.15) is 24.0 Å². The van der Waals surface area contributed by atoms with Gasteiger partial charge in [0, 0.05) is 29.4 Å². The van der Waals surface area contributed by atoms with Gasteiger partial charge in [0.15, 0.2) is 0 Å². The van der Waals surface area contributed by atoms with E-state index in [1.54, 1.807) is 12.4 Å². The minimum atomic E-state index is -0.633. The summed E-state index contributed by atoms with van der Waals surface area (Å²) in [5, 5.41) is 10.9. The van der Waals surface area contributed by atoms with Crippen LogP contribution in [0, 0.1) is 5.92 Å². The molecule has 3 aliphatic rings. The summed E-state index contributed by atoms with van der Waals surface area (Å²) in [5.41, 5.74) is 8.12. The average Bonchev–Trinajstić information content (AvgIpc) is 3.05. The van der Waals surface area contributed by atoms with Gasteiger partial charge >= 0.3 is 0 Å². The van der Waals surface area contributed by atoms with E-state index in [1.807, 2.05) is 18.2 Å². The van der Waals surface area contributed by atoms with Gasteiger partial charge in [-0.2, -0.15) is 0 Å². The van der Waals surface area contributed by atoms with Crippen LogP contribution < -0.4 is 10.5 Å². The molecule has 3 heterocycles. The monoisotopic (exact) mass is 385 g/mol. The number of nitrogens with zero attached hydrogens (tertiary/aromatic N) is 2. The maximum atomic E-state index is 10.3. The van der Waals surface area contributed by atoms with Gasteiger partial charge in [-0.3, -0.25) is 4.98 Å². The predicted molar refractivity (Wildman–Crippen MR) is 102 cm³/mol. The van der Waals surface area contributed by atoms with Crippen molar-refractivity contribution in [2.75, 3.05) is 6.61 Å². The number of rotatable bonds is 1. The van der Waals surface area contributed by atoms with E-state index in [1.165, 1.54) is 0 Å². The maximum absolute atomic E-state index is 10.3. The molecule has 3 N–H and O–H groups in total. The van der Waals surface area contributed by atoms with Gasteiger partial charge in [-0.05, 0) is 43.0 Å². The number of fused-ring (bicyclic) bond motifs is 4. The van der Waals surface area contributed by atoms with E-state index in [9.17, 15) is 5.11 Å². The molecule has 4 atom stereocenters. The Morgan fingerprint density at radius 1 is 1.19 bits per heavy atom. The molecule has 1 spiro atoms. The van der Waals surface area contributed by atoms with Crippen molar-refractivity contribution < 1.29 is 14.6 Å². The fourth-order valence-corrected chi connectivity index (χ4v) is 4.79. The number of pyridine rings is 1. The van der Waals surface area contributed by atoms with Crippen molar-refractivity contribution in [1.29, 1.82) is 0 Å². The number of aliphatic imine (C=N–C) groups is 1. The summed E-state index contributed by atoms with van der Waals surface area (Å²) in [7, 11) is 0. The highest BCUT2D eigenvalue weighted by Gasteiger charge is 2.55. The summed E-state index contributed by atoms with van der Waals surface area (Å²) in [6.45, 7) is 0.361. The van der Waals surface area contributed by atoms with Crippen molar-refractivity contribution in [3.8, 4) is 16.9 Å². The van der Waals surface area contributed by atoms with E-state index in [-0.39, 0.29) is 24.1 Å². The standard InChI is InChI=1S/C20H20ClN3O3/c21-13-5-12(8-23-9-13)11-1-3-17-15(6-11)20(10-26-19(22)24-20)16-7-14(25)2-4-18(16)27-17/h1,3,5-6,8-9,14,16,18,25H,2,4,7,10H2,(H2,22,24)/t14?,16-,18?,20?/m1/s1. The lowest BCUT2D eigenvalue weighted by Gasteiger charge is -2.47. The van der Waals surface area contributed by atoms with Gasteiger partial charge < -0.3 is 20.3 Å². The van der Waals surface area contributed by atoms with Crippen LogP contribution in [0.5, 0.6) is 5.75 Å². The molecule has 140 valence electrons. The van der Waals surface area contributed by atoms with E-state index < -0.39 is 5.54 Å². The van der Waals surface area contributed by atoms with Gasteiger partial charge in [0.05, 0.1) is 11.1 Å². The molecule has 1 aromatic carbocycles. The number of aromatic nitrogens is 1. The molecule has 6 nitrogen and oxygen atoms in total. The fraction of sp³-hybridized carbons (Fsp3) is 0.400. The van der Waals surface area contributed by atoms with E-state index in [0.29, 0.717) is 18.1 Å². The number of aliphatic hydroxyl groups excluding tert-OH is 1. The molecule has 27 heavy (non-hydrogen) atoms. The molecule has 0 bridgehead atoms. The zero-order valence-corrected chi connectivity index (χ0v) is 15.4. The van der Waals surface area contributed by atoms with Gasteiger partial charge in [-0.1, -0.05) is 17.7 Å². The predicted octanol–water partition coefficient (Wildman–Crippen LogP) is 2.86. The first-order chi connectivity index (χ1) is 13.0. The van der Waals surface area contributed by atoms with E-state index in [4.69, 9.17) is 31.8 Å². The van der Waals surface area contributed by atoms with Crippen LogP contribution in [-0.4, -0.2) is 34.9 Å². The van der Waals surface area contributed by atoms with Crippen LogP contribution in [-0.2, 0) is 10.3 Å². The highest BCUT2D eigenvalue weighted by molar-refractivity contribution is 6.30. The third kappa shape index (κ3) is 2.66. The number of benzene rings is 1. The van der Waals surface area contributed by atoms with Crippen LogP contribution in [0.3, 0.4) is 0 Å². The first-order valence-corrected chi connectivity index (χ1v) is 9.51. The van der Waals surface area contributed by atoms with E-state index in [0.717, 1.165) is 35.3 Å². The summed E-state index contributed by atoms with van der Waals surface area (Å²) in [6.07, 6.45) is 5.18. The van der Waals surface area contributed by atoms with Gasteiger partial charge in [0.25, 0.3) is 6.02 Å². The SMILES string of the molecule is NC1=NC2(CO1)c1cc(-c3cncc(Cl)c3)ccc1OC1CCC(O)C[C@H]12. The molecule has 3 unspecified atom stereocenters. The molecule has 0 saturated heterocycles. The molecule has 2 aromatic rings. The van der Waals surface area contributed by atoms with Crippen LogP contribution in [0.15, 0.2) is 41.7 Å². The van der Waals surface area contributed by atoms with Crippen molar-refractivity contribution in [3.63, 3.8) is 0 Å². The summed E-state index contributed by atoms with van der Waals surface area (Å²) >= 11 is 6.11. The first kappa shape index (κ1) is 16.8. The normalized spacial score (nSPS) is 31.5. The summed E-state index contributed by atoms with van der Waals surface area (Å²) in [5.74, 6) is 0.816. The van der Waals surface area contributed by atoms with Crippen LogP contribution in [0.2, 0.25) is 5.02 Å². The van der Waals surface area contributed by atoms with Gasteiger partial charge in [-0.25, -0.2) is 4.99 Å². The largest absolute Gasteiger partial charge is 0.490 e. The Hall–Kier alpha value is -2.31. The third-order valence-electron chi connectivity index (χ3n) is 5.88. The van der Waals surface area contributed by atoms with Gasteiger partial charge in [0.2, 0.25) is 0 Å². The van der Waals surface area contributed by atoms with Crippen molar-refractivity contribution >= 4 is 17.6 Å². The molecule has 1 fully saturated rings. The van der Waals surface area contributed by atoms with E-state index in [2.05, 4.69) is 11.1 Å². The number of halogens is 1. The van der Waals surface area contributed by atoms with Crippen LogP contribution in [0.25, 0.3) is 11.1 Å². The molecular weight excluding hydrogens is 366 g/mol. The lowest BCUT2D eigenvalue weighted by Crippen LogP contribution is -2.51. The third-order valence-corrected chi connectivity index (χ3v) is 6.09. The van der Waals surface area contributed by atoms with Crippen LogP contribution in [0.4, 0.5) is 0 Å². The molecule has 0 radical (unpaired) electrons. The lowest BCUT2D eigenvalue weighted by atomic mass is 9.67. The molecule has 7 heteroatoms. The Balaban J connectivity index is 1.66. The molecule has 2 aliphatic heterocycles. The molecule has 1 aliphatic carbocycles. The second-order valence-electron chi connectivity index (χ2n) is 7.50. The molecule has 1 aromatic heterocycles. The minimum absolute atomic E-state index is 0.00200. The number of hydrogen-bond donors (Lipinski definition) is 2. The Bertz CT molecular complexity index is 934. The second-order valence-corrected chi connectivity index (χ2v) is 7.93. The van der Waals surface area contributed by atoms with Gasteiger partial charge in [-0.15, -0.1) is 0 Å². The zero-order valence-electron chi connectivity index (χ0n) is 14.6. The van der Waals surface area contributed by atoms with Crippen molar-refractivity contribution in [1.82, 2.24) is 4.98 Å². The Labute approximate surface area is 162 Å². The quantitative estimate of drug-likeness (QED) is 0.787. The molecule has 1 saturated carbocycles. The molecule has 0 amide bonds. The number of hydrogen-bond acceptors (Lipinski definition) is 6. The number of nitrogens with two attached hydrogens (primary N) is 1. The van der Waals surface area contributed by atoms with Crippen molar-refractivity contribution in [2.24, 2.45) is 16.6 Å². The fourth-order valence-electron chi connectivity index (χ4n) is 4.62. The Morgan fingerprint density at radius 3 is 2.85 bits per heavy atom. The Kier molecular flexibility index (Phi) is 3.81. The summed E-state index contributed by atoms with van der Waals surface area (Å²) < 4.78 is 11.9. The summed E-state index contributed by atoms with van der Waals surface area (Å²) in [6, 6.07) is 8.10. The second kappa shape index (κ2) is 6.11. The number of aliphatic hydroxyl groups is 1. The maximum Gasteiger partial charge on any atom is 0.283 e. The lowest BCUT2D eigenvalue weighted by molar-refractivity contribution is -0.0359. The highest BCUT2D eigenvalue weighted by Crippen LogP contribution is 2.53. The minimum Gasteiger partial charge on any atom is -0.490 e. The zero-order chi connectivity index (χ0) is 18.6. The Morgan fingerprint density at radius 2 is 2.07 bits per heavy atom. The topological polar surface area (TPSA) is 90.0 Å². The highest BCUT2D eigenvalue weighted by atomic mass is 35.5. The molecular formula is C20H20ClN3O3. The molecule has 5 rings (SSSR count). The summed E-state index contributed by atoms with van der Waals surface area (Å²) in [4.78, 5) is 8.91. The first-order valence-electron chi connectivity index (χ1n) is 9.13. The number of amidine groups is 1. The van der Waals surface area contributed by atoms with Crippen molar-refractivity contribution in [2.45, 2.75) is 37.0 Å². The smallest absolute Gasteiger partial charge is 0.283 e. The van der Waals surface area contributed by atoms with Crippen molar-refractivity contribution in [3.05, 3.63) is 47.2 Å². The van der Waals surface area contributed by atoms with E-state index >= 15 is 0 Å².